The number of carbonyl (C=O) groups is 1. The number of piperazine rings is 1. The number of amides is 1. The zero-order valence-electron chi connectivity index (χ0n) is 18.9. The monoisotopic (exact) mass is 532 g/mol. The van der Waals surface area contributed by atoms with Gasteiger partial charge in [0.25, 0.3) is 0 Å². The average molecular weight is 533 g/mol. The highest BCUT2D eigenvalue weighted by molar-refractivity contribution is 9.10. The van der Waals surface area contributed by atoms with E-state index in [9.17, 15) is 4.79 Å². The van der Waals surface area contributed by atoms with Crippen LogP contribution in [-0.2, 0) is 4.79 Å². The molecular formula is C23H26BrFN6O3. The molecule has 0 saturated carbocycles. The van der Waals surface area contributed by atoms with Crippen LogP contribution in [0.15, 0.2) is 34.8 Å². The van der Waals surface area contributed by atoms with E-state index < -0.39 is 5.82 Å². The van der Waals surface area contributed by atoms with Crippen molar-refractivity contribution in [1.82, 2.24) is 14.9 Å². The average Bonchev–Trinajstić information content (AvgIpc) is 2.84. The van der Waals surface area contributed by atoms with Crippen molar-refractivity contribution in [2.24, 2.45) is 5.73 Å². The molecule has 0 radical (unpaired) electrons. The Morgan fingerprint density at radius 2 is 1.82 bits per heavy atom. The Balaban J connectivity index is 1.46. The number of nitrogens with two attached hydrogens (primary N) is 2. The zero-order valence-corrected chi connectivity index (χ0v) is 20.5. The molecule has 1 saturated heterocycles. The van der Waals surface area contributed by atoms with Crippen molar-refractivity contribution in [2.75, 3.05) is 51.0 Å². The van der Waals surface area contributed by atoms with Crippen molar-refractivity contribution in [3.63, 3.8) is 0 Å². The van der Waals surface area contributed by atoms with Crippen LogP contribution >= 0.6 is 15.9 Å². The number of benzene rings is 2. The molecule has 1 fully saturated rings. The summed E-state index contributed by atoms with van der Waals surface area (Å²) in [6.45, 7) is 1.92. The number of carbonyl (C=O) groups excluding carboxylic acids is 1. The van der Waals surface area contributed by atoms with E-state index in [-0.39, 0.29) is 41.2 Å². The van der Waals surface area contributed by atoms with E-state index in [1.807, 2.05) is 29.2 Å². The molecule has 1 unspecified atom stereocenters. The second-order valence-corrected chi connectivity index (χ2v) is 8.88. The van der Waals surface area contributed by atoms with Gasteiger partial charge in [0.15, 0.2) is 17.3 Å². The minimum absolute atomic E-state index is 0.0168. The van der Waals surface area contributed by atoms with Crippen LogP contribution in [0.4, 0.5) is 16.2 Å². The molecule has 34 heavy (non-hydrogen) atoms. The second kappa shape index (κ2) is 9.98. The first-order chi connectivity index (χ1) is 16.3. The number of anilines is 2. The lowest BCUT2D eigenvalue weighted by atomic mass is 10.0. The summed E-state index contributed by atoms with van der Waals surface area (Å²) in [7, 11) is 2.78. The molecule has 9 nitrogen and oxygen atoms in total. The Bertz CT molecular complexity index is 1200. The molecule has 1 aliphatic heterocycles. The van der Waals surface area contributed by atoms with Crippen LogP contribution in [-0.4, -0.2) is 61.2 Å². The molecule has 180 valence electrons. The molecule has 0 spiro atoms. The minimum atomic E-state index is -0.664. The topological polar surface area (TPSA) is 120 Å². The maximum atomic E-state index is 15.1. The van der Waals surface area contributed by atoms with E-state index in [0.717, 1.165) is 10.0 Å². The first-order valence-electron chi connectivity index (χ1n) is 10.7. The number of hydrogen-bond donors (Lipinski definition) is 2. The molecule has 0 bridgehead atoms. The smallest absolute Gasteiger partial charge is 0.228 e. The van der Waals surface area contributed by atoms with Crippen molar-refractivity contribution in [2.45, 2.75) is 12.5 Å². The number of ether oxygens (including phenoxy) is 2. The summed E-state index contributed by atoms with van der Waals surface area (Å²) in [4.78, 5) is 25.2. The molecule has 2 aromatic carbocycles. The fourth-order valence-electron chi connectivity index (χ4n) is 3.98. The van der Waals surface area contributed by atoms with Crippen LogP contribution in [0, 0.1) is 5.82 Å². The molecule has 4 N–H and O–H groups in total. The molecule has 1 aliphatic rings. The largest absolute Gasteiger partial charge is 0.493 e. The van der Waals surface area contributed by atoms with Crippen molar-refractivity contribution in [3.05, 3.63) is 46.2 Å². The Morgan fingerprint density at radius 1 is 1.15 bits per heavy atom. The highest BCUT2D eigenvalue weighted by Gasteiger charge is 2.26. The molecule has 11 heteroatoms. The highest BCUT2D eigenvalue weighted by Crippen LogP contribution is 2.37. The van der Waals surface area contributed by atoms with Gasteiger partial charge in [0.1, 0.15) is 11.3 Å². The molecule has 1 atom stereocenters. The van der Waals surface area contributed by atoms with Gasteiger partial charge in [-0.05, 0) is 23.8 Å². The maximum Gasteiger partial charge on any atom is 0.228 e. The van der Waals surface area contributed by atoms with Crippen LogP contribution in [0.5, 0.6) is 11.5 Å². The van der Waals surface area contributed by atoms with Crippen molar-refractivity contribution < 1.29 is 18.7 Å². The lowest BCUT2D eigenvalue weighted by molar-refractivity contribution is -0.131. The minimum Gasteiger partial charge on any atom is -0.493 e. The van der Waals surface area contributed by atoms with Gasteiger partial charge < -0.3 is 30.7 Å². The van der Waals surface area contributed by atoms with Crippen molar-refractivity contribution in [3.8, 4) is 11.5 Å². The number of rotatable bonds is 6. The molecule has 4 rings (SSSR count). The number of methoxy groups -OCH3 is 2. The Morgan fingerprint density at radius 3 is 2.44 bits per heavy atom. The number of nitrogens with zero attached hydrogens (tertiary/aromatic N) is 4. The summed E-state index contributed by atoms with van der Waals surface area (Å²) < 4.78 is 26.3. The van der Waals surface area contributed by atoms with Gasteiger partial charge in [-0.25, -0.2) is 9.37 Å². The van der Waals surface area contributed by atoms with Gasteiger partial charge in [-0.3, -0.25) is 4.79 Å². The van der Waals surface area contributed by atoms with Crippen LogP contribution in [0.25, 0.3) is 10.9 Å². The quantitative estimate of drug-likeness (QED) is 0.497. The van der Waals surface area contributed by atoms with Gasteiger partial charge >= 0.3 is 0 Å². The lowest BCUT2D eigenvalue weighted by Crippen LogP contribution is -2.49. The summed E-state index contributed by atoms with van der Waals surface area (Å²) in [5, 5.41) is 0.342. The first-order valence-corrected chi connectivity index (χ1v) is 11.5. The molecule has 0 aliphatic carbocycles. The molecule has 2 heterocycles. The van der Waals surface area contributed by atoms with Gasteiger partial charge in [-0.15, -0.1) is 0 Å². The van der Waals surface area contributed by atoms with E-state index >= 15 is 4.39 Å². The predicted octanol–water partition coefficient (Wildman–Crippen LogP) is 2.87. The number of halogens is 2. The standard InChI is InChI=1S/C23H26BrFN6O3/c1-33-17-11-15-20(19(25)21(17)34-2)28-23(29-22(15)27)31-9-7-30(8-10-31)18(32)12-16(26)13-3-5-14(24)6-4-13/h3-6,11,16H,7-10,12,26H2,1-2H3,(H2,27,28,29). The van der Waals surface area contributed by atoms with Gasteiger partial charge in [0.2, 0.25) is 11.9 Å². The fourth-order valence-corrected chi connectivity index (χ4v) is 4.24. The summed E-state index contributed by atoms with van der Waals surface area (Å²) in [6.07, 6.45) is 0.216. The number of hydrogen-bond acceptors (Lipinski definition) is 8. The molecule has 1 amide bonds. The summed E-state index contributed by atoms with van der Waals surface area (Å²) in [5.41, 5.74) is 13.3. The van der Waals surface area contributed by atoms with Gasteiger partial charge in [0.05, 0.1) is 14.2 Å². The van der Waals surface area contributed by atoms with Gasteiger partial charge in [0, 0.05) is 48.5 Å². The van der Waals surface area contributed by atoms with E-state index in [2.05, 4.69) is 25.9 Å². The third-order valence-corrected chi connectivity index (χ3v) is 6.43. The summed E-state index contributed by atoms with van der Waals surface area (Å²) in [5.74, 6) is -0.0750. The first kappa shape index (κ1) is 24.0. The SMILES string of the molecule is COc1cc2c(N)nc(N3CCN(C(=O)CC(N)c4ccc(Br)cc4)CC3)nc2c(F)c1OC. The van der Waals surface area contributed by atoms with E-state index in [1.165, 1.54) is 14.2 Å². The Labute approximate surface area is 205 Å². The van der Waals surface area contributed by atoms with E-state index in [0.29, 0.717) is 37.5 Å². The van der Waals surface area contributed by atoms with E-state index in [4.69, 9.17) is 20.9 Å². The van der Waals surface area contributed by atoms with E-state index in [1.54, 1.807) is 11.0 Å². The van der Waals surface area contributed by atoms with Crippen LogP contribution in [0.3, 0.4) is 0 Å². The highest BCUT2D eigenvalue weighted by atomic mass is 79.9. The second-order valence-electron chi connectivity index (χ2n) is 7.96. The Kier molecular flexibility index (Phi) is 7.03. The molecule has 3 aromatic rings. The molecule has 1 aromatic heterocycles. The normalized spacial score (nSPS) is 14.9. The fraction of sp³-hybridized carbons (Fsp3) is 0.348. The van der Waals surface area contributed by atoms with Crippen LogP contribution in [0.2, 0.25) is 0 Å². The predicted molar refractivity (Wildman–Crippen MR) is 131 cm³/mol. The van der Waals surface area contributed by atoms with Crippen molar-refractivity contribution in [1.29, 1.82) is 0 Å². The summed E-state index contributed by atoms with van der Waals surface area (Å²) >= 11 is 3.40. The van der Waals surface area contributed by atoms with Crippen molar-refractivity contribution >= 4 is 44.5 Å². The van der Waals surface area contributed by atoms with Crippen LogP contribution in [0.1, 0.15) is 18.0 Å². The molecular weight excluding hydrogens is 507 g/mol. The number of fused-ring (bicyclic) bond motifs is 1. The third kappa shape index (κ3) is 4.71. The number of aromatic nitrogens is 2. The zero-order chi connectivity index (χ0) is 24.4. The summed E-state index contributed by atoms with van der Waals surface area (Å²) in [6, 6.07) is 8.81. The number of nitrogen functional groups attached to an aromatic ring is 1. The van der Waals surface area contributed by atoms with Gasteiger partial charge in [-0.2, -0.15) is 4.98 Å². The van der Waals surface area contributed by atoms with Crippen LogP contribution < -0.4 is 25.8 Å². The lowest BCUT2D eigenvalue weighted by Gasteiger charge is -2.35. The van der Waals surface area contributed by atoms with Gasteiger partial charge in [-0.1, -0.05) is 28.1 Å². The Hall–Kier alpha value is -3.18. The maximum absolute atomic E-state index is 15.1. The third-order valence-electron chi connectivity index (χ3n) is 5.90.